The van der Waals surface area contributed by atoms with Gasteiger partial charge in [0.1, 0.15) is 0 Å². The highest BCUT2D eigenvalue weighted by molar-refractivity contribution is 9.15. The fourth-order valence-corrected chi connectivity index (χ4v) is 2.03. The van der Waals surface area contributed by atoms with Crippen LogP contribution in [0, 0.1) is 0 Å². The molecule has 4 heteroatoms. The Morgan fingerprint density at radius 2 is 2.07 bits per heavy atom. The summed E-state index contributed by atoms with van der Waals surface area (Å²) in [5.41, 5.74) is 1.73. The fourth-order valence-electron chi connectivity index (χ4n) is 1.47. The Balaban J connectivity index is 2.51. The molecular formula is C11H7BrO3. The number of esters is 1. The van der Waals surface area contributed by atoms with Crippen LogP contribution < -0.4 is 0 Å². The van der Waals surface area contributed by atoms with Gasteiger partial charge in [0.15, 0.2) is 5.78 Å². The van der Waals surface area contributed by atoms with Gasteiger partial charge in [-0.05, 0) is 17.7 Å². The summed E-state index contributed by atoms with van der Waals surface area (Å²) < 4.78 is 5.33. The minimum Gasteiger partial charge on any atom is -0.465 e. The lowest BCUT2D eigenvalue weighted by atomic mass is 10.1. The van der Waals surface area contributed by atoms with Crippen LogP contribution >= 0.6 is 15.9 Å². The lowest BCUT2D eigenvalue weighted by Gasteiger charge is -2.02. The molecule has 0 heterocycles. The number of fused-ring (bicyclic) bond motifs is 1. The van der Waals surface area contributed by atoms with Gasteiger partial charge in [0.05, 0.1) is 12.7 Å². The number of carbonyl (C=O) groups excluding carboxylic acids is 2. The summed E-state index contributed by atoms with van der Waals surface area (Å²) in [6, 6.07) is 4.92. The number of hydrogen-bond acceptors (Lipinski definition) is 3. The van der Waals surface area contributed by atoms with E-state index in [2.05, 4.69) is 20.7 Å². The first-order chi connectivity index (χ1) is 7.13. The summed E-state index contributed by atoms with van der Waals surface area (Å²) in [7, 11) is 1.31. The zero-order valence-corrected chi connectivity index (χ0v) is 9.50. The van der Waals surface area contributed by atoms with Crippen LogP contribution in [-0.2, 0) is 4.74 Å². The Morgan fingerprint density at radius 3 is 2.73 bits per heavy atom. The van der Waals surface area contributed by atoms with E-state index in [4.69, 9.17) is 0 Å². The highest BCUT2D eigenvalue weighted by atomic mass is 79.9. The molecule has 0 saturated heterocycles. The topological polar surface area (TPSA) is 43.4 Å². The molecule has 2 rings (SSSR count). The average molecular weight is 267 g/mol. The van der Waals surface area contributed by atoms with Gasteiger partial charge in [0.2, 0.25) is 0 Å². The third-order valence-electron chi connectivity index (χ3n) is 2.22. The van der Waals surface area contributed by atoms with E-state index in [1.54, 1.807) is 18.2 Å². The second-order valence-electron chi connectivity index (χ2n) is 3.11. The Bertz CT molecular complexity index is 489. The molecule has 76 valence electrons. The number of methoxy groups -OCH3 is 1. The van der Waals surface area contributed by atoms with Crippen LogP contribution in [0.25, 0.3) is 4.48 Å². The van der Waals surface area contributed by atoms with Crippen LogP contribution in [-0.4, -0.2) is 18.9 Å². The standard InChI is InChI=1S/C11H7BrO3/c1-15-11(14)6-2-3-7-8(4-6)10(13)5-9(7)12/h2-5H,1H3. The van der Waals surface area contributed by atoms with Gasteiger partial charge < -0.3 is 4.74 Å². The Hall–Kier alpha value is -1.42. The zero-order valence-electron chi connectivity index (χ0n) is 7.91. The normalized spacial score (nSPS) is 13.5. The van der Waals surface area contributed by atoms with E-state index >= 15 is 0 Å². The van der Waals surface area contributed by atoms with Crippen molar-refractivity contribution in [3.8, 4) is 0 Å². The van der Waals surface area contributed by atoms with Crippen LogP contribution in [0.2, 0.25) is 0 Å². The van der Waals surface area contributed by atoms with E-state index in [0.29, 0.717) is 11.1 Å². The maximum Gasteiger partial charge on any atom is 0.337 e. The van der Waals surface area contributed by atoms with Gasteiger partial charge in [-0.3, -0.25) is 4.79 Å². The highest BCUT2D eigenvalue weighted by Gasteiger charge is 2.21. The number of rotatable bonds is 1. The second-order valence-corrected chi connectivity index (χ2v) is 3.96. The molecule has 0 radical (unpaired) electrons. The fraction of sp³-hybridized carbons (Fsp3) is 0.0909. The lowest BCUT2D eigenvalue weighted by Crippen LogP contribution is -2.03. The van der Waals surface area contributed by atoms with Crippen LogP contribution in [0.5, 0.6) is 0 Å². The number of ether oxygens (including phenoxy) is 1. The van der Waals surface area contributed by atoms with Crippen LogP contribution in [0.4, 0.5) is 0 Å². The van der Waals surface area contributed by atoms with Crippen molar-refractivity contribution in [3.05, 3.63) is 41.0 Å². The third-order valence-corrected chi connectivity index (χ3v) is 2.88. The van der Waals surface area contributed by atoms with Crippen molar-refractivity contribution >= 4 is 32.2 Å². The van der Waals surface area contributed by atoms with Gasteiger partial charge in [-0.25, -0.2) is 4.79 Å². The quantitative estimate of drug-likeness (QED) is 0.734. The third kappa shape index (κ3) is 1.61. The second kappa shape index (κ2) is 3.62. The van der Waals surface area contributed by atoms with Crippen molar-refractivity contribution in [1.82, 2.24) is 0 Å². The monoisotopic (exact) mass is 266 g/mol. The van der Waals surface area contributed by atoms with Gasteiger partial charge in [-0.2, -0.15) is 0 Å². The number of allylic oxidation sites excluding steroid dienone is 1. The molecule has 0 aliphatic heterocycles. The van der Waals surface area contributed by atoms with Gasteiger partial charge in [-0.15, -0.1) is 0 Å². The maximum absolute atomic E-state index is 11.5. The molecule has 0 atom stereocenters. The van der Waals surface area contributed by atoms with Crippen molar-refractivity contribution in [1.29, 1.82) is 0 Å². The number of hydrogen-bond donors (Lipinski definition) is 0. The average Bonchev–Trinajstić information content (AvgIpc) is 2.53. The molecule has 0 unspecified atom stereocenters. The number of carbonyl (C=O) groups is 2. The summed E-state index contributed by atoms with van der Waals surface area (Å²) in [4.78, 5) is 22.7. The molecule has 0 bridgehead atoms. The van der Waals surface area contributed by atoms with Crippen molar-refractivity contribution in [3.63, 3.8) is 0 Å². The van der Waals surface area contributed by atoms with E-state index in [-0.39, 0.29) is 5.78 Å². The zero-order chi connectivity index (χ0) is 11.0. The first-order valence-corrected chi connectivity index (χ1v) is 5.07. The lowest BCUT2D eigenvalue weighted by molar-refractivity contribution is 0.0600. The van der Waals surface area contributed by atoms with E-state index in [9.17, 15) is 9.59 Å². The molecule has 0 N–H and O–H groups in total. The summed E-state index contributed by atoms with van der Waals surface area (Å²) in [6.07, 6.45) is 1.49. The number of ketones is 1. The molecule has 0 spiro atoms. The predicted octanol–water partition coefficient (Wildman–Crippen LogP) is 2.41. The molecule has 0 amide bonds. The van der Waals surface area contributed by atoms with Crippen molar-refractivity contribution < 1.29 is 14.3 Å². The molecule has 0 saturated carbocycles. The number of benzene rings is 1. The molecule has 1 aromatic carbocycles. The molecule has 15 heavy (non-hydrogen) atoms. The van der Waals surface area contributed by atoms with Crippen molar-refractivity contribution in [2.75, 3.05) is 7.11 Å². The molecule has 1 aromatic rings. The molecule has 0 fully saturated rings. The van der Waals surface area contributed by atoms with E-state index in [1.165, 1.54) is 13.2 Å². The molecular weight excluding hydrogens is 260 g/mol. The van der Waals surface area contributed by atoms with Gasteiger partial charge in [0, 0.05) is 16.1 Å². The summed E-state index contributed by atoms with van der Waals surface area (Å²) in [5, 5.41) is 0. The minimum atomic E-state index is -0.436. The number of halogens is 1. The minimum absolute atomic E-state index is 0.0948. The molecule has 0 aromatic heterocycles. The van der Waals surface area contributed by atoms with Crippen molar-refractivity contribution in [2.45, 2.75) is 0 Å². The molecule has 1 aliphatic rings. The highest BCUT2D eigenvalue weighted by Crippen LogP contribution is 2.32. The van der Waals surface area contributed by atoms with Gasteiger partial charge in [-0.1, -0.05) is 22.0 Å². The van der Waals surface area contributed by atoms with Crippen LogP contribution in [0.3, 0.4) is 0 Å². The Labute approximate surface area is 94.9 Å². The smallest absolute Gasteiger partial charge is 0.337 e. The van der Waals surface area contributed by atoms with Gasteiger partial charge >= 0.3 is 5.97 Å². The Morgan fingerprint density at radius 1 is 1.33 bits per heavy atom. The van der Waals surface area contributed by atoms with Crippen LogP contribution in [0.15, 0.2) is 24.3 Å². The van der Waals surface area contributed by atoms with Crippen LogP contribution in [0.1, 0.15) is 26.3 Å². The maximum atomic E-state index is 11.5. The summed E-state index contributed by atoms with van der Waals surface area (Å²) >= 11 is 3.28. The van der Waals surface area contributed by atoms with E-state index in [0.717, 1.165) is 10.0 Å². The summed E-state index contributed by atoms with van der Waals surface area (Å²) in [5.74, 6) is -0.531. The first-order valence-electron chi connectivity index (χ1n) is 4.27. The van der Waals surface area contributed by atoms with Gasteiger partial charge in [0.25, 0.3) is 0 Å². The summed E-state index contributed by atoms with van der Waals surface area (Å²) in [6.45, 7) is 0. The largest absolute Gasteiger partial charge is 0.465 e. The SMILES string of the molecule is COC(=O)c1ccc2c(c1)C(=O)C=C2Br. The molecule has 3 nitrogen and oxygen atoms in total. The molecule has 1 aliphatic carbocycles. The first kappa shape index (κ1) is 10.1. The van der Waals surface area contributed by atoms with Crippen molar-refractivity contribution in [2.24, 2.45) is 0 Å². The Kier molecular flexibility index (Phi) is 2.44. The van der Waals surface area contributed by atoms with E-state index < -0.39 is 5.97 Å². The predicted molar refractivity (Wildman–Crippen MR) is 59.0 cm³/mol. The van der Waals surface area contributed by atoms with E-state index in [1.807, 2.05) is 0 Å².